The lowest BCUT2D eigenvalue weighted by Gasteiger charge is -2.37. The zero-order valence-corrected chi connectivity index (χ0v) is 10.7. The summed E-state index contributed by atoms with van der Waals surface area (Å²) >= 11 is 0. The van der Waals surface area contributed by atoms with Crippen molar-refractivity contribution in [3.05, 3.63) is 0 Å². The van der Waals surface area contributed by atoms with Crippen LogP contribution in [0, 0.1) is 11.8 Å². The zero-order valence-electron chi connectivity index (χ0n) is 10.7. The van der Waals surface area contributed by atoms with E-state index in [0.29, 0.717) is 17.7 Å². The van der Waals surface area contributed by atoms with Gasteiger partial charge in [-0.05, 0) is 45.1 Å². The molecule has 1 aliphatic carbocycles. The van der Waals surface area contributed by atoms with Gasteiger partial charge in [-0.25, -0.2) is 0 Å². The minimum Gasteiger partial charge on any atom is -0.300 e. The number of nitrogens with zero attached hydrogens (tertiary/aromatic N) is 1. The Morgan fingerprint density at radius 2 is 2.06 bits per heavy atom. The van der Waals surface area contributed by atoms with Gasteiger partial charge in [0.05, 0.1) is 0 Å². The van der Waals surface area contributed by atoms with Gasteiger partial charge in [0.1, 0.15) is 5.78 Å². The van der Waals surface area contributed by atoms with Crippen molar-refractivity contribution in [2.45, 2.75) is 58.4 Å². The summed E-state index contributed by atoms with van der Waals surface area (Å²) in [7, 11) is 0. The van der Waals surface area contributed by atoms with Crippen LogP contribution in [-0.2, 0) is 4.79 Å². The van der Waals surface area contributed by atoms with E-state index in [0.717, 1.165) is 31.7 Å². The number of carbonyl (C=O) groups excluding carboxylic acids is 1. The SMILES string of the molecule is CC1CCC(=O)C(CN2CCCCC2C)C1. The normalized spacial score (nSPS) is 37.6. The predicted octanol–water partition coefficient (Wildman–Crippen LogP) is 2.87. The summed E-state index contributed by atoms with van der Waals surface area (Å²) in [5, 5.41) is 0. The molecule has 1 saturated carbocycles. The van der Waals surface area contributed by atoms with Gasteiger partial charge in [0.25, 0.3) is 0 Å². The maximum absolute atomic E-state index is 11.9. The Hall–Kier alpha value is -0.370. The first-order chi connectivity index (χ1) is 7.66. The van der Waals surface area contributed by atoms with Crippen LogP contribution in [-0.4, -0.2) is 29.8 Å². The van der Waals surface area contributed by atoms with Gasteiger partial charge in [0.2, 0.25) is 0 Å². The highest BCUT2D eigenvalue weighted by atomic mass is 16.1. The maximum atomic E-state index is 11.9. The molecule has 1 aliphatic heterocycles. The summed E-state index contributed by atoms with van der Waals surface area (Å²) in [5.74, 6) is 1.61. The monoisotopic (exact) mass is 223 g/mol. The highest BCUT2D eigenvalue weighted by Crippen LogP contribution is 2.28. The fraction of sp³-hybridized carbons (Fsp3) is 0.929. The first-order valence-corrected chi connectivity index (χ1v) is 6.93. The fourth-order valence-corrected chi connectivity index (χ4v) is 3.22. The van der Waals surface area contributed by atoms with Crippen molar-refractivity contribution in [1.29, 1.82) is 0 Å². The Bertz CT molecular complexity index is 251. The third kappa shape index (κ3) is 2.85. The van der Waals surface area contributed by atoms with Crippen molar-refractivity contribution in [3.63, 3.8) is 0 Å². The summed E-state index contributed by atoms with van der Waals surface area (Å²) in [6, 6.07) is 0.693. The average Bonchev–Trinajstić information content (AvgIpc) is 2.27. The molecule has 0 N–H and O–H groups in total. The van der Waals surface area contributed by atoms with E-state index in [1.165, 1.54) is 25.8 Å². The van der Waals surface area contributed by atoms with Crippen LogP contribution < -0.4 is 0 Å². The molecule has 1 saturated heterocycles. The molecule has 3 atom stereocenters. The van der Waals surface area contributed by atoms with E-state index >= 15 is 0 Å². The molecule has 0 aromatic heterocycles. The van der Waals surface area contributed by atoms with E-state index in [2.05, 4.69) is 18.7 Å². The average molecular weight is 223 g/mol. The highest BCUT2D eigenvalue weighted by Gasteiger charge is 2.30. The Balaban J connectivity index is 1.89. The van der Waals surface area contributed by atoms with Crippen molar-refractivity contribution < 1.29 is 4.79 Å². The molecule has 2 heteroatoms. The van der Waals surface area contributed by atoms with Gasteiger partial charge in [0, 0.05) is 24.9 Å². The Labute approximate surface area is 99.4 Å². The van der Waals surface area contributed by atoms with Crippen LogP contribution >= 0.6 is 0 Å². The van der Waals surface area contributed by atoms with Gasteiger partial charge in [-0.2, -0.15) is 0 Å². The van der Waals surface area contributed by atoms with Gasteiger partial charge in [-0.1, -0.05) is 13.3 Å². The Kier molecular flexibility index (Phi) is 4.01. The standard InChI is InChI=1S/C14H25NO/c1-11-6-7-14(16)13(9-11)10-15-8-4-3-5-12(15)2/h11-13H,3-10H2,1-2H3. The molecule has 2 aliphatic rings. The molecule has 1 heterocycles. The van der Waals surface area contributed by atoms with Gasteiger partial charge in [-0.15, -0.1) is 0 Å². The van der Waals surface area contributed by atoms with Crippen molar-refractivity contribution in [1.82, 2.24) is 4.90 Å². The third-order valence-electron chi connectivity index (χ3n) is 4.42. The van der Waals surface area contributed by atoms with Gasteiger partial charge in [-0.3, -0.25) is 9.69 Å². The number of hydrogen-bond acceptors (Lipinski definition) is 2. The van der Waals surface area contributed by atoms with E-state index in [4.69, 9.17) is 0 Å². The highest BCUT2D eigenvalue weighted by molar-refractivity contribution is 5.81. The van der Waals surface area contributed by atoms with E-state index < -0.39 is 0 Å². The van der Waals surface area contributed by atoms with Gasteiger partial charge >= 0.3 is 0 Å². The minimum absolute atomic E-state index is 0.337. The maximum Gasteiger partial charge on any atom is 0.137 e. The number of ketones is 1. The predicted molar refractivity (Wildman–Crippen MR) is 66.4 cm³/mol. The topological polar surface area (TPSA) is 20.3 Å². The van der Waals surface area contributed by atoms with Crippen molar-refractivity contribution in [3.8, 4) is 0 Å². The second-order valence-electron chi connectivity index (χ2n) is 5.88. The lowest BCUT2D eigenvalue weighted by molar-refractivity contribution is -0.126. The molecule has 2 nitrogen and oxygen atoms in total. The molecule has 0 radical (unpaired) electrons. The van der Waals surface area contributed by atoms with E-state index in [9.17, 15) is 4.79 Å². The number of rotatable bonds is 2. The van der Waals surface area contributed by atoms with Crippen LogP contribution in [0.4, 0.5) is 0 Å². The lowest BCUT2D eigenvalue weighted by Crippen LogP contribution is -2.43. The smallest absolute Gasteiger partial charge is 0.137 e. The van der Waals surface area contributed by atoms with Crippen LogP contribution in [0.5, 0.6) is 0 Å². The number of carbonyl (C=O) groups is 1. The largest absolute Gasteiger partial charge is 0.300 e. The molecule has 0 aromatic carbocycles. The lowest BCUT2D eigenvalue weighted by atomic mass is 9.81. The fourth-order valence-electron chi connectivity index (χ4n) is 3.22. The van der Waals surface area contributed by atoms with Gasteiger partial charge < -0.3 is 0 Å². The summed E-state index contributed by atoms with van der Waals surface area (Å²) in [6.45, 7) is 6.85. The number of hydrogen-bond donors (Lipinski definition) is 0. The van der Waals surface area contributed by atoms with Crippen LogP contribution in [0.15, 0.2) is 0 Å². The second kappa shape index (κ2) is 5.31. The Morgan fingerprint density at radius 3 is 2.81 bits per heavy atom. The first-order valence-electron chi connectivity index (χ1n) is 6.93. The number of likely N-dealkylation sites (tertiary alicyclic amines) is 1. The summed E-state index contributed by atoms with van der Waals surface area (Å²) in [6.07, 6.45) is 7.07. The molecule has 2 rings (SSSR count). The third-order valence-corrected chi connectivity index (χ3v) is 4.42. The number of Topliss-reactive ketones (excluding diaryl/α,β-unsaturated/α-hetero) is 1. The molecule has 0 spiro atoms. The van der Waals surface area contributed by atoms with Gasteiger partial charge in [0.15, 0.2) is 0 Å². The molecule has 3 unspecified atom stereocenters. The first kappa shape index (κ1) is 12.1. The molecule has 92 valence electrons. The molecular weight excluding hydrogens is 198 g/mol. The van der Waals surface area contributed by atoms with Crippen molar-refractivity contribution in [2.75, 3.05) is 13.1 Å². The summed E-state index contributed by atoms with van der Waals surface area (Å²) in [4.78, 5) is 14.4. The molecule has 0 aromatic rings. The molecule has 0 amide bonds. The molecule has 16 heavy (non-hydrogen) atoms. The minimum atomic E-state index is 0.337. The van der Waals surface area contributed by atoms with Crippen LogP contribution in [0.1, 0.15) is 52.4 Å². The quantitative estimate of drug-likeness (QED) is 0.717. The number of piperidine rings is 1. The molecule has 2 fully saturated rings. The Morgan fingerprint density at radius 1 is 1.25 bits per heavy atom. The molecular formula is C14H25NO. The van der Waals surface area contributed by atoms with Crippen LogP contribution in [0.3, 0.4) is 0 Å². The zero-order chi connectivity index (χ0) is 11.5. The van der Waals surface area contributed by atoms with Crippen LogP contribution in [0.25, 0.3) is 0 Å². The van der Waals surface area contributed by atoms with E-state index in [-0.39, 0.29) is 0 Å². The van der Waals surface area contributed by atoms with E-state index in [1.54, 1.807) is 0 Å². The summed E-state index contributed by atoms with van der Waals surface area (Å²) < 4.78 is 0. The van der Waals surface area contributed by atoms with Crippen LogP contribution in [0.2, 0.25) is 0 Å². The van der Waals surface area contributed by atoms with E-state index in [1.807, 2.05) is 0 Å². The van der Waals surface area contributed by atoms with Crippen molar-refractivity contribution in [2.24, 2.45) is 11.8 Å². The van der Waals surface area contributed by atoms with Crippen molar-refractivity contribution >= 4 is 5.78 Å². The second-order valence-corrected chi connectivity index (χ2v) is 5.88. The summed E-state index contributed by atoms with van der Waals surface area (Å²) in [5.41, 5.74) is 0. The molecule has 0 bridgehead atoms.